The molecule has 1 aromatic rings. The molecule has 96 valence electrons. The summed E-state index contributed by atoms with van der Waals surface area (Å²) in [6, 6.07) is 2.53. The maximum atomic E-state index is 11.0. The quantitative estimate of drug-likeness (QED) is 0.630. The minimum Gasteiger partial charge on any atom is -0.478 e. The first-order chi connectivity index (χ1) is 8.34. The predicted molar refractivity (Wildman–Crippen MR) is 61.0 cm³/mol. The summed E-state index contributed by atoms with van der Waals surface area (Å²) in [6.45, 7) is 2.29. The Morgan fingerprint density at radius 3 is 2.50 bits per heavy atom. The SMILES string of the molecule is CC(=O)COc1c(C(=O)O)ccc(C)c1[N+](=O)[O-]. The molecular weight excluding hydrogens is 242 g/mol. The molecule has 0 fully saturated rings. The topological polar surface area (TPSA) is 107 Å². The summed E-state index contributed by atoms with van der Waals surface area (Å²) in [5, 5.41) is 19.9. The third-order valence-electron chi connectivity index (χ3n) is 2.17. The van der Waals surface area contributed by atoms with Crippen molar-refractivity contribution in [1.29, 1.82) is 0 Å². The highest BCUT2D eigenvalue weighted by Gasteiger charge is 2.26. The van der Waals surface area contributed by atoms with Crippen LogP contribution in [-0.4, -0.2) is 28.4 Å². The van der Waals surface area contributed by atoms with Gasteiger partial charge in [-0.1, -0.05) is 6.07 Å². The van der Waals surface area contributed by atoms with Gasteiger partial charge in [0.1, 0.15) is 12.2 Å². The number of carboxylic acids is 1. The average molecular weight is 253 g/mol. The van der Waals surface area contributed by atoms with E-state index >= 15 is 0 Å². The second-order valence-electron chi connectivity index (χ2n) is 3.66. The van der Waals surface area contributed by atoms with Crippen LogP contribution in [0.25, 0.3) is 0 Å². The van der Waals surface area contributed by atoms with Crippen molar-refractivity contribution in [3.05, 3.63) is 33.4 Å². The largest absolute Gasteiger partial charge is 0.478 e. The minimum atomic E-state index is -1.35. The average Bonchev–Trinajstić information content (AvgIpc) is 2.24. The van der Waals surface area contributed by atoms with Crippen LogP contribution in [0, 0.1) is 17.0 Å². The molecule has 1 rings (SSSR count). The lowest BCUT2D eigenvalue weighted by atomic mass is 10.1. The molecule has 0 heterocycles. The Bertz CT molecular complexity index is 523. The van der Waals surface area contributed by atoms with Gasteiger partial charge in [-0.15, -0.1) is 0 Å². The number of ketones is 1. The third-order valence-corrected chi connectivity index (χ3v) is 2.17. The second-order valence-corrected chi connectivity index (χ2v) is 3.66. The Kier molecular flexibility index (Phi) is 3.98. The first-order valence-electron chi connectivity index (χ1n) is 4.98. The van der Waals surface area contributed by atoms with Crippen LogP contribution in [0.4, 0.5) is 5.69 Å². The number of ether oxygens (including phenoxy) is 1. The third kappa shape index (κ3) is 2.82. The van der Waals surface area contributed by atoms with Crippen LogP contribution in [0.15, 0.2) is 12.1 Å². The summed E-state index contributed by atoms with van der Waals surface area (Å²) < 4.78 is 4.96. The lowest BCUT2D eigenvalue weighted by Gasteiger charge is -2.09. The van der Waals surface area contributed by atoms with Crippen molar-refractivity contribution in [2.24, 2.45) is 0 Å². The van der Waals surface area contributed by atoms with Crippen LogP contribution >= 0.6 is 0 Å². The lowest BCUT2D eigenvalue weighted by molar-refractivity contribution is -0.386. The van der Waals surface area contributed by atoms with Crippen molar-refractivity contribution in [1.82, 2.24) is 0 Å². The maximum absolute atomic E-state index is 11.0. The second kappa shape index (κ2) is 5.26. The number of benzene rings is 1. The number of nitrogens with zero attached hydrogens (tertiary/aromatic N) is 1. The van der Waals surface area contributed by atoms with Crippen molar-refractivity contribution >= 4 is 17.4 Å². The molecule has 0 aromatic heterocycles. The molecule has 0 aliphatic carbocycles. The molecule has 0 aliphatic heterocycles. The summed E-state index contributed by atoms with van der Waals surface area (Å²) in [5.74, 6) is -2.10. The highest BCUT2D eigenvalue weighted by molar-refractivity contribution is 5.93. The molecule has 0 amide bonds. The van der Waals surface area contributed by atoms with Gasteiger partial charge in [0.2, 0.25) is 5.75 Å². The van der Waals surface area contributed by atoms with Crippen LogP contribution in [-0.2, 0) is 4.79 Å². The molecule has 0 atom stereocenters. The van der Waals surface area contributed by atoms with E-state index in [0.717, 1.165) is 0 Å². The zero-order valence-corrected chi connectivity index (χ0v) is 9.80. The summed E-state index contributed by atoms with van der Waals surface area (Å²) in [5.41, 5.74) is -0.506. The molecule has 1 aromatic carbocycles. The number of rotatable bonds is 5. The van der Waals surface area contributed by atoms with Gasteiger partial charge in [-0.2, -0.15) is 0 Å². The zero-order chi connectivity index (χ0) is 13.9. The van der Waals surface area contributed by atoms with Crippen LogP contribution < -0.4 is 4.74 Å². The smallest absolute Gasteiger partial charge is 0.339 e. The number of nitro benzene ring substituents is 1. The van der Waals surface area contributed by atoms with E-state index in [9.17, 15) is 19.7 Å². The first kappa shape index (κ1) is 13.6. The summed E-state index contributed by atoms with van der Waals surface area (Å²) in [6.07, 6.45) is 0. The van der Waals surface area contributed by atoms with E-state index < -0.39 is 23.2 Å². The van der Waals surface area contributed by atoms with Gasteiger partial charge in [-0.3, -0.25) is 14.9 Å². The number of carbonyl (C=O) groups excluding carboxylic acids is 1. The first-order valence-corrected chi connectivity index (χ1v) is 4.98. The fourth-order valence-corrected chi connectivity index (χ4v) is 1.38. The molecule has 7 nitrogen and oxygen atoms in total. The van der Waals surface area contributed by atoms with Crippen molar-refractivity contribution < 1.29 is 24.4 Å². The van der Waals surface area contributed by atoms with Gasteiger partial charge >= 0.3 is 11.7 Å². The van der Waals surface area contributed by atoms with E-state index in [1.54, 1.807) is 0 Å². The van der Waals surface area contributed by atoms with Gasteiger partial charge in [0.15, 0.2) is 5.78 Å². The van der Waals surface area contributed by atoms with Gasteiger partial charge in [0.25, 0.3) is 0 Å². The van der Waals surface area contributed by atoms with Gasteiger partial charge in [-0.25, -0.2) is 4.79 Å². The van der Waals surface area contributed by atoms with Crippen LogP contribution in [0.2, 0.25) is 0 Å². The molecule has 0 radical (unpaired) electrons. The molecular formula is C11H11NO6. The fourth-order valence-electron chi connectivity index (χ4n) is 1.38. The van der Waals surface area contributed by atoms with Crippen LogP contribution in [0.5, 0.6) is 5.75 Å². The lowest BCUT2D eigenvalue weighted by Crippen LogP contribution is -2.12. The van der Waals surface area contributed by atoms with Crippen molar-refractivity contribution in [2.45, 2.75) is 13.8 Å². The molecule has 7 heteroatoms. The molecule has 0 bridgehead atoms. The number of aromatic carboxylic acids is 1. The van der Waals surface area contributed by atoms with Crippen molar-refractivity contribution in [3.8, 4) is 5.75 Å². The molecule has 1 N–H and O–H groups in total. The predicted octanol–water partition coefficient (Wildman–Crippen LogP) is 1.57. The van der Waals surface area contributed by atoms with Crippen LogP contribution in [0.1, 0.15) is 22.8 Å². The monoisotopic (exact) mass is 253 g/mol. The number of Topliss-reactive ketones (excluding diaryl/α,β-unsaturated/α-hetero) is 1. The highest BCUT2D eigenvalue weighted by Crippen LogP contribution is 2.34. The summed E-state index contributed by atoms with van der Waals surface area (Å²) in [7, 11) is 0. The number of aryl methyl sites for hydroxylation is 1. The fraction of sp³-hybridized carbons (Fsp3) is 0.273. The van der Waals surface area contributed by atoms with Crippen LogP contribution in [0.3, 0.4) is 0 Å². The Hall–Kier alpha value is -2.44. The van der Waals surface area contributed by atoms with Gasteiger partial charge in [0, 0.05) is 5.56 Å². The van der Waals surface area contributed by atoms with E-state index in [0.29, 0.717) is 0 Å². The number of hydrogen-bond acceptors (Lipinski definition) is 5. The number of carboxylic acid groups (broad SMARTS) is 1. The van der Waals surface area contributed by atoms with E-state index in [-0.39, 0.29) is 22.7 Å². The zero-order valence-electron chi connectivity index (χ0n) is 9.80. The molecule has 0 unspecified atom stereocenters. The normalized spacial score (nSPS) is 9.89. The maximum Gasteiger partial charge on any atom is 0.339 e. The van der Waals surface area contributed by atoms with E-state index in [1.807, 2.05) is 0 Å². The van der Waals surface area contributed by atoms with Gasteiger partial charge in [0.05, 0.1) is 4.92 Å². The number of carbonyl (C=O) groups is 2. The molecule has 0 spiro atoms. The molecule has 18 heavy (non-hydrogen) atoms. The number of nitro groups is 1. The van der Waals surface area contributed by atoms with Crippen molar-refractivity contribution in [2.75, 3.05) is 6.61 Å². The summed E-state index contributed by atoms with van der Waals surface area (Å²) >= 11 is 0. The Labute approximate surface area is 102 Å². The van der Waals surface area contributed by atoms with E-state index in [1.165, 1.54) is 26.0 Å². The highest BCUT2D eigenvalue weighted by atomic mass is 16.6. The number of hydrogen-bond donors (Lipinski definition) is 1. The summed E-state index contributed by atoms with van der Waals surface area (Å²) in [4.78, 5) is 32.0. The Balaban J connectivity index is 3.38. The van der Waals surface area contributed by atoms with Crippen molar-refractivity contribution in [3.63, 3.8) is 0 Å². The minimum absolute atomic E-state index is 0.267. The van der Waals surface area contributed by atoms with E-state index in [4.69, 9.17) is 9.84 Å². The standard InChI is InChI=1S/C11H11NO6/c1-6-3-4-8(11(14)15)10(9(6)12(16)17)18-5-7(2)13/h3-4H,5H2,1-2H3,(H,14,15). The molecule has 0 saturated heterocycles. The Morgan fingerprint density at radius 1 is 1.44 bits per heavy atom. The Morgan fingerprint density at radius 2 is 2.06 bits per heavy atom. The van der Waals surface area contributed by atoms with Gasteiger partial charge < -0.3 is 9.84 Å². The molecule has 0 saturated carbocycles. The van der Waals surface area contributed by atoms with E-state index in [2.05, 4.69) is 0 Å². The molecule has 0 aliphatic rings. The van der Waals surface area contributed by atoms with Gasteiger partial charge in [-0.05, 0) is 19.9 Å².